The molecule has 8 heteroatoms. The van der Waals surface area contributed by atoms with Crippen molar-refractivity contribution >= 4 is 22.4 Å². The first kappa shape index (κ1) is 14.5. The molecule has 0 bridgehead atoms. The zero-order valence-electron chi connectivity index (χ0n) is 12.9. The van der Waals surface area contributed by atoms with Crippen molar-refractivity contribution in [3.8, 4) is 0 Å². The van der Waals surface area contributed by atoms with E-state index in [1.165, 1.54) is 12.8 Å². The van der Waals surface area contributed by atoms with Crippen molar-refractivity contribution in [3.05, 3.63) is 39.0 Å². The lowest BCUT2D eigenvalue weighted by molar-refractivity contribution is 0.136. The maximum absolute atomic E-state index is 12.2. The molecule has 0 aromatic carbocycles. The Kier molecular flexibility index (Phi) is 3.70. The fraction of sp³-hybridized carbons (Fsp3) is 0.467. The zero-order valence-corrected chi connectivity index (χ0v) is 13.7. The topological polar surface area (TPSA) is 79.7 Å². The number of aryl methyl sites for hydroxylation is 1. The Morgan fingerprint density at radius 3 is 3.17 bits per heavy atom. The minimum atomic E-state index is -0.124. The van der Waals surface area contributed by atoms with Gasteiger partial charge in [-0.25, -0.2) is 9.97 Å². The number of nitrogens with zero attached hydrogens (tertiary/aromatic N) is 5. The number of thiazole rings is 1. The van der Waals surface area contributed by atoms with Gasteiger partial charge >= 0.3 is 0 Å². The molecule has 1 aliphatic rings. The molecule has 120 valence electrons. The summed E-state index contributed by atoms with van der Waals surface area (Å²) in [5.74, 6) is 0.689. The first-order valence-electron chi connectivity index (χ1n) is 7.77. The highest BCUT2D eigenvalue weighted by Crippen LogP contribution is 2.32. The van der Waals surface area contributed by atoms with Crippen molar-refractivity contribution in [2.24, 2.45) is 7.05 Å². The molecule has 1 N–H and O–H groups in total. The van der Waals surface area contributed by atoms with Crippen LogP contribution in [0.1, 0.15) is 36.1 Å². The molecule has 0 aliphatic carbocycles. The van der Waals surface area contributed by atoms with Gasteiger partial charge in [-0.15, -0.1) is 11.3 Å². The predicted molar refractivity (Wildman–Crippen MR) is 88.2 cm³/mol. The van der Waals surface area contributed by atoms with E-state index in [2.05, 4.69) is 25.0 Å². The summed E-state index contributed by atoms with van der Waals surface area (Å²) in [6.45, 7) is 1.62. The number of piperidine rings is 1. The van der Waals surface area contributed by atoms with E-state index in [-0.39, 0.29) is 5.56 Å². The highest BCUT2D eigenvalue weighted by Gasteiger charge is 2.26. The average Bonchev–Trinajstić information content (AvgIpc) is 3.19. The molecule has 1 aliphatic heterocycles. The van der Waals surface area contributed by atoms with Crippen LogP contribution >= 0.6 is 11.3 Å². The lowest BCUT2D eigenvalue weighted by Gasteiger charge is -2.33. The van der Waals surface area contributed by atoms with Crippen LogP contribution in [0.15, 0.2) is 22.6 Å². The number of hydrogen-bond acceptors (Lipinski definition) is 6. The van der Waals surface area contributed by atoms with Gasteiger partial charge < -0.3 is 4.98 Å². The second-order valence-corrected chi connectivity index (χ2v) is 6.80. The van der Waals surface area contributed by atoms with Crippen molar-refractivity contribution < 1.29 is 0 Å². The van der Waals surface area contributed by atoms with Gasteiger partial charge in [0.15, 0.2) is 5.65 Å². The molecule has 7 nitrogen and oxygen atoms in total. The first-order chi connectivity index (χ1) is 11.2. The standard InChI is InChI=1S/C15H18N6OS/c1-20-13-10(8-17-20)14(22)19-12(18-13)9-21-6-3-2-4-11(21)15-16-5-7-23-15/h5,7-8,11H,2-4,6,9H2,1H3,(H,18,19,22)/t11-/m0/s1. The van der Waals surface area contributed by atoms with E-state index in [0.717, 1.165) is 18.0 Å². The van der Waals surface area contributed by atoms with Crippen molar-refractivity contribution in [1.29, 1.82) is 0 Å². The van der Waals surface area contributed by atoms with Crippen LogP contribution in [0.2, 0.25) is 0 Å². The van der Waals surface area contributed by atoms with Gasteiger partial charge in [0, 0.05) is 18.6 Å². The van der Waals surface area contributed by atoms with E-state index >= 15 is 0 Å². The Morgan fingerprint density at radius 1 is 1.43 bits per heavy atom. The highest BCUT2D eigenvalue weighted by molar-refractivity contribution is 7.09. The Labute approximate surface area is 137 Å². The molecule has 1 atom stereocenters. The molecule has 4 heterocycles. The molecule has 3 aromatic heterocycles. The number of aromatic nitrogens is 5. The number of fused-ring (bicyclic) bond motifs is 1. The molecular weight excluding hydrogens is 312 g/mol. The third-order valence-corrected chi connectivity index (χ3v) is 5.23. The van der Waals surface area contributed by atoms with E-state index in [1.54, 1.807) is 29.3 Å². The quantitative estimate of drug-likeness (QED) is 0.792. The minimum Gasteiger partial charge on any atom is -0.309 e. The second kappa shape index (κ2) is 5.86. The molecule has 0 amide bonds. The number of H-pyrrole nitrogens is 1. The molecule has 1 fully saturated rings. The predicted octanol–water partition coefficient (Wildman–Crippen LogP) is 1.84. The van der Waals surface area contributed by atoms with Crippen LogP contribution in [0.5, 0.6) is 0 Å². The summed E-state index contributed by atoms with van der Waals surface area (Å²) in [6.07, 6.45) is 6.90. The van der Waals surface area contributed by atoms with Gasteiger partial charge in [0.2, 0.25) is 0 Å². The summed E-state index contributed by atoms with van der Waals surface area (Å²) in [7, 11) is 1.80. The van der Waals surface area contributed by atoms with Crippen LogP contribution in [-0.2, 0) is 13.6 Å². The van der Waals surface area contributed by atoms with Crippen LogP contribution in [-0.4, -0.2) is 36.2 Å². The van der Waals surface area contributed by atoms with Crippen molar-refractivity contribution in [2.75, 3.05) is 6.54 Å². The summed E-state index contributed by atoms with van der Waals surface area (Å²) < 4.78 is 1.64. The number of rotatable bonds is 3. The van der Waals surface area contributed by atoms with E-state index in [0.29, 0.717) is 29.4 Å². The second-order valence-electron chi connectivity index (χ2n) is 5.87. The van der Waals surface area contributed by atoms with E-state index in [9.17, 15) is 4.79 Å². The Morgan fingerprint density at radius 2 is 2.35 bits per heavy atom. The third kappa shape index (κ3) is 2.68. The number of hydrogen-bond donors (Lipinski definition) is 1. The number of likely N-dealkylation sites (tertiary alicyclic amines) is 1. The van der Waals surface area contributed by atoms with Crippen molar-refractivity contribution in [3.63, 3.8) is 0 Å². The molecule has 23 heavy (non-hydrogen) atoms. The Hall–Kier alpha value is -2.06. The van der Waals surface area contributed by atoms with Gasteiger partial charge in [-0.2, -0.15) is 5.10 Å². The van der Waals surface area contributed by atoms with E-state index < -0.39 is 0 Å². The van der Waals surface area contributed by atoms with E-state index in [1.807, 2.05) is 11.6 Å². The zero-order chi connectivity index (χ0) is 15.8. The van der Waals surface area contributed by atoms with E-state index in [4.69, 9.17) is 0 Å². The number of nitrogens with one attached hydrogen (secondary N) is 1. The molecule has 4 rings (SSSR count). The van der Waals surface area contributed by atoms with Crippen LogP contribution in [0.3, 0.4) is 0 Å². The normalized spacial score (nSPS) is 19.4. The van der Waals surface area contributed by atoms with Gasteiger partial charge in [-0.3, -0.25) is 14.4 Å². The van der Waals surface area contributed by atoms with Crippen LogP contribution in [0.4, 0.5) is 0 Å². The first-order valence-corrected chi connectivity index (χ1v) is 8.64. The van der Waals surface area contributed by atoms with Crippen LogP contribution in [0, 0.1) is 0 Å². The summed E-state index contributed by atoms with van der Waals surface area (Å²) in [6, 6.07) is 0.316. The lowest BCUT2D eigenvalue weighted by Crippen LogP contribution is -2.34. The Balaban J connectivity index is 1.66. The molecule has 0 saturated carbocycles. The average molecular weight is 330 g/mol. The fourth-order valence-corrected chi connectivity index (χ4v) is 4.01. The fourth-order valence-electron chi connectivity index (χ4n) is 3.20. The van der Waals surface area contributed by atoms with Gasteiger partial charge in [0.25, 0.3) is 5.56 Å². The maximum Gasteiger partial charge on any atom is 0.262 e. The summed E-state index contributed by atoms with van der Waals surface area (Å²) in [5, 5.41) is 7.81. The SMILES string of the molecule is Cn1ncc2c(=O)[nH]c(CN3CCCC[C@H]3c3nccs3)nc21. The van der Waals surface area contributed by atoms with Crippen molar-refractivity contribution in [1.82, 2.24) is 29.6 Å². The van der Waals surface area contributed by atoms with Gasteiger partial charge in [-0.1, -0.05) is 6.42 Å². The highest BCUT2D eigenvalue weighted by atomic mass is 32.1. The minimum absolute atomic E-state index is 0.124. The van der Waals surface area contributed by atoms with Gasteiger partial charge in [0.1, 0.15) is 16.2 Å². The van der Waals surface area contributed by atoms with Gasteiger partial charge in [-0.05, 0) is 19.4 Å². The lowest BCUT2D eigenvalue weighted by atomic mass is 10.0. The molecule has 3 aromatic rings. The summed E-state index contributed by atoms with van der Waals surface area (Å²) in [5.41, 5.74) is 0.507. The number of aromatic amines is 1. The van der Waals surface area contributed by atoms with Crippen LogP contribution < -0.4 is 5.56 Å². The smallest absolute Gasteiger partial charge is 0.262 e. The third-order valence-electron chi connectivity index (χ3n) is 4.35. The molecule has 0 unspecified atom stereocenters. The summed E-state index contributed by atoms with van der Waals surface area (Å²) >= 11 is 1.69. The van der Waals surface area contributed by atoms with Crippen molar-refractivity contribution in [2.45, 2.75) is 31.8 Å². The summed E-state index contributed by atoms with van der Waals surface area (Å²) in [4.78, 5) is 26.5. The van der Waals surface area contributed by atoms with Crippen LogP contribution in [0.25, 0.3) is 11.0 Å². The monoisotopic (exact) mass is 330 g/mol. The Bertz CT molecular complexity index is 868. The maximum atomic E-state index is 12.2. The largest absolute Gasteiger partial charge is 0.309 e. The molecule has 1 saturated heterocycles. The molecular formula is C15H18N6OS. The van der Waals surface area contributed by atoms with Gasteiger partial charge in [0.05, 0.1) is 18.8 Å². The molecule has 0 spiro atoms. The molecule has 0 radical (unpaired) electrons.